The van der Waals surface area contributed by atoms with Crippen LogP contribution in [0.1, 0.15) is 34.5 Å². The Morgan fingerprint density at radius 3 is 3.14 bits per heavy atom. The minimum absolute atomic E-state index is 0.755. The summed E-state index contributed by atoms with van der Waals surface area (Å²) in [5.41, 5.74) is 3.96. The summed E-state index contributed by atoms with van der Waals surface area (Å²) in [5, 5.41) is 5.81. The lowest BCUT2D eigenvalue weighted by molar-refractivity contribution is 0.683. The highest BCUT2D eigenvalue weighted by Crippen LogP contribution is 2.27. The van der Waals surface area contributed by atoms with Crippen LogP contribution >= 0.6 is 11.3 Å². The first-order valence-corrected chi connectivity index (χ1v) is 8.67. The third kappa shape index (κ3) is 2.97. The Labute approximate surface area is 130 Å². The molecule has 1 saturated carbocycles. The molecule has 0 aromatic carbocycles. The van der Waals surface area contributed by atoms with Crippen LogP contribution in [0.3, 0.4) is 0 Å². The molecule has 0 atom stereocenters. The highest BCUT2D eigenvalue weighted by molar-refractivity contribution is 7.10. The maximum atomic E-state index is 4.76. The van der Waals surface area contributed by atoms with Crippen molar-refractivity contribution in [3.63, 3.8) is 0 Å². The van der Waals surface area contributed by atoms with Crippen LogP contribution in [0.2, 0.25) is 0 Å². The quantitative estimate of drug-likeness (QED) is 0.939. The highest BCUT2D eigenvalue weighted by atomic mass is 32.1. The van der Waals surface area contributed by atoms with E-state index in [-0.39, 0.29) is 0 Å². The van der Waals surface area contributed by atoms with Crippen LogP contribution in [0.5, 0.6) is 0 Å². The molecule has 1 aliphatic carbocycles. The summed E-state index contributed by atoms with van der Waals surface area (Å²) < 4.78 is 0. The van der Waals surface area contributed by atoms with Gasteiger partial charge in [-0.25, -0.2) is 4.98 Å². The summed E-state index contributed by atoms with van der Waals surface area (Å²) >= 11 is 1.89. The van der Waals surface area contributed by atoms with Crippen LogP contribution in [0.4, 0.5) is 5.82 Å². The molecule has 110 valence electrons. The fraction of sp³-hybridized carbons (Fsp3) is 0.471. The molecule has 21 heavy (non-hydrogen) atoms. The van der Waals surface area contributed by atoms with Gasteiger partial charge in [-0.2, -0.15) is 0 Å². The molecule has 2 aromatic heterocycles. The molecule has 0 bridgehead atoms. The van der Waals surface area contributed by atoms with E-state index in [9.17, 15) is 0 Å². The summed E-state index contributed by atoms with van der Waals surface area (Å²) in [7, 11) is 0. The first-order chi connectivity index (χ1) is 10.3. The average molecular weight is 299 g/mol. The number of aryl methyl sites for hydroxylation is 1. The number of fused-ring (bicyclic) bond motifs is 1. The Morgan fingerprint density at radius 2 is 2.29 bits per heavy atom. The van der Waals surface area contributed by atoms with Gasteiger partial charge in [0.25, 0.3) is 0 Å². The fourth-order valence-electron chi connectivity index (χ4n) is 2.98. The lowest BCUT2D eigenvalue weighted by atomic mass is 10.1. The molecule has 0 spiro atoms. The Kier molecular flexibility index (Phi) is 3.43. The number of pyridine rings is 1. The van der Waals surface area contributed by atoms with Crippen molar-refractivity contribution in [3.05, 3.63) is 45.3 Å². The second-order valence-electron chi connectivity index (χ2n) is 6.17. The summed E-state index contributed by atoms with van der Waals surface area (Å²) in [5.74, 6) is 1.14. The molecule has 1 fully saturated rings. The average Bonchev–Trinajstić information content (AvgIpc) is 3.20. The molecule has 1 N–H and O–H groups in total. The van der Waals surface area contributed by atoms with Gasteiger partial charge < -0.3 is 10.2 Å². The van der Waals surface area contributed by atoms with Crippen molar-refractivity contribution in [2.45, 2.75) is 45.3 Å². The van der Waals surface area contributed by atoms with Crippen molar-refractivity contribution in [2.24, 2.45) is 0 Å². The number of anilines is 1. The summed E-state index contributed by atoms with van der Waals surface area (Å²) in [6, 6.07) is 7.49. The monoisotopic (exact) mass is 299 g/mol. The van der Waals surface area contributed by atoms with Crippen LogP contribution in [0.15, 0.2) is 23.6 Å². The number of rotatable bonds is 4. The molecule has 4 rings (SSSR count). The first-order valence-electron chi connectivity index (χ1n) is 7.79. The standard InChI is InChI=1S/C17H21N3S/c1-12-8-13(10-18-15-2-3-15)9-17(19-12)20-6-4-16-14(11-20)5-7-21-16/h5,7-9,15,18H,2-4,6,10-11H2,1H3. The smallest absolute Gasteiger partial charge is 0.129 e. The van der Waals surface area contributed by atoms with Gasteiger partial charge in [-0.05, 0) is 60.9 Å². The van der Waals surface area contributed by atoms with E-state index in [2.05, 4.69) is 40.7 Å². The molecule has 3 heterocycles. The highest BCUT2D eigenvalue weighted by Gasteiger charge is 2.21. The minimum atomic E-state index is 0.755. The van der Waals surface area contributed by atoms with Gasteiger partial charge >= 0.3 is 0 Å². The molecule has 2 aliphatic rings. The topological polar surface area (TPSA) is 28.2 Å². The van der Waals surface area contributed by atoms with Crippen LogP contribution in [-0.4, -0.2) is 17.6 Å². The molecule has 0 saturated heterocycles. The zero-order chi connectivity index (χ0) is 14.2. The third-order valence-corrected chi connectivity index (χ3v) is 5.33. The molecular weight excluding hydrogens is 278 g/mol. The molecular formula is C17H21N3S. The molecule has 0 radical (unpaired) electrons. The van der Waals surface area contributed by atoms with Gasteiger partial charge in [0, 0.05) is 36.2 Å². The fourth-order valence-corrected chi connectivity index (χ4v) is 3.87. The van der Waals surface area contributed by atoms with E-state index in [4.69, 9.17) is 4.98 Å². The predicted molar refractivity (Wildman–Crippen MR) is 87.9 cm³/mol. The van der Waals surface area contributed by atoms with E-state index in [0.29, 0.717) is 0 Å². The van der Waals surface area contributed by atoms with E-state index in [0.717, 1.165) is 43.6 Å². The van der Waals surface area contributed by atoms with Crippen LogP contribution < -0.4 is 10.2 Å². The van der Waals surface area contributed by atoms with E-state index in [1.165, 1.54) is 24.0 Å². The van der Waals surface area contributed by atoms with Gasteiger partial charge in [-0.1, -0.05) is 0 Å². The predicted octanol–water partition coefficient (Wildman–Crippen LogP) is 3.27. The van der Waals surface area contributed by atoms with Gasteiger partial charge in [0.15, 0.2) is 0 Å². The Bertz CT molecular complexity index is 645. The van der Waals surface area contributed by atoms with E-state index < -0.39 is 0 Å². The molecule has 1 aliphatic heterocycles. The van der Waals surface area contributed by atoms with Gasteiger partial charge in [0.05, 0.1) is 0 Å². The van der Waals surface area contributed by atoms with Crippen molar-refractivity contribution in [3.8, 4) is 0 Å². The number of hydrogen-bond donors (Lipinski definition) is 1. The van der Waals surface area contributed by atoms with Crippen LogP contribution in [0, 0.1) is 6.92 Å². The largest absolute Gasteiger partial charge is 0.352 e. The summed E-state index contributed by atoms with van der Waals surface area (Å²) in [6.07, 6.45) is 3.83. The number of hydrogen-bond acceptors (Lipinski definition) is 4. The van der Waals surface area contributed by atoms with Crippen molar-refractivity contribution >= 4 is 17.2 Å². The lowest BCUT2D eigenvalue weighted by Gasteiger charge is -2.28. The maximum absolute atomic E-state index is 4.76. The van der Waals surface area contributed by atoms with Crippen molar-refractivity contribution in [1.29, 1.82) is 0 Å². The van der Waals surface area contributed by atoms with Gasteiger partial charge in [0.1, 0.15) is 5.82 Å². The zero-order valence-corrected chi connectivity index (χ0v) is 13.2. The molecule has 2 aromatic rings. The van der Waals surface area contributed by atoms with Gasteiger partial charge in [-0.15, -0.1) is 11.3 Å². The second kappa shape index (κ2) is 5.43. The van der Waals surface area contributed by atoms with Crippen LogP contribution in [-0.2, 0) is 19.5 Å². The molecule has 0 unspecified atom stereocenters. The van der Waals surface area contributed by atoms with Crippen molar-refractivity contribution < 1.29 is 0 Å². The third-order valence-electron chi connectivity index (χ3n) is 4.30. The minimum Gasteiger partial charge on any atom is -0.352 e. The SMILES string of the molecule is Cc1cc(CNC2CC2)cc(N2CCc3sccc3C2)n1. The Balaban J connectivity index is 1.53. The zero-order valence-electron chi connectivity index (χ0n) is 12.4. The van der Waals surface area contributed by atoms with Crippen molar-refractivity contribution in [1.82, 2.24) is 10.3 Å². The molecule has 4 heteroatoms. The summed E-state index contributed by atoms with van der Waals surface area (Å²) in [6.45, 7) is 5.16. The van der Waals surface area contributed by atoms with Gasteiger partial charge in [-0.3, -0.25) is 0 Å². The number of thiophene rings is 1. The number of aromatic nitrogens is 1. The Morgan fingerprint density at radius 1 is 1.38 bits per heavy atom. The normalized spacial score (nSPS) is 17.9. The number of nitrogens with zero attached hydrogens (tertiary/aromatic N) is 2. The van der Waals surface area contributed by atoms with E-state index in [1.54, 1.807) is 4.88 Å². The van der Waals surface area contributed by atoms with Gasteiger partial charge in [0.2, 0.25) is 0 Å². The van der Waals surface area contributed by atoms with Crippen LogP contribution in [0.25, 0.3) is 0 Å². The van der Waals surface area contributed by atoms with E-state index in [1.807, 2.05) is 11.3 Å². The first kappa shape index (κ1) is 13.3. The molecule has 0 amide bonds. The maximum Gasteiger partial charge on any atom is 0.129 e. The van der Waals surface area contributed by atoms with Crippen molar-refractivity contribution in [2.75, 3.05) is 11.4 Å². The second-order valence-corrected chi connectivity index (χ2v) is 7.17. The molecule has 3 nitrogen and oxygen atoms in total. The summed E-state index contributed by atoms with van der Waals surface area (Å²) in [4.78, 5) is 8.73. The lowest BCUT2D eigenvalue weighted by Crippen LogP contribution is -2.30. The van der Waals surface area contributed by atoms with E-state index >= 15 is 0 Å². The number of nitrogens with one attached hydrogen (secondary N) is 1. The Hall–Kier alpha value is -1.39.